The van der Waals surface area contributed by atoms with E-state index in [0.29, 0.717) is 30.5 Å². The minimum atomic E-state index is 0.0147. The predicted molar refractivity (Wildman–Crippen MR) is 75.4 cm³/mol. The Kier molecular flexibility index (Phi) is 4.52. The summed E-state index contributed by atoms with van der Waals surface area (Å²) >= 11 is 0. The molecule has 0 saturated heterocycles. The highest BCUT2D eigenvalue weighted by Gasteiger charge is 2.19. The molecule has 1 atom stereocenters. The molecule has 0 radical (unpaired) electrons. The number of methoxy groups -OCH3 is 1. The molecule has 2 rings (SSSR count). The van der Waals surface area contributed by atoms with Crippen molar-refractivity contribution in [3.05, 3.63) is 18.2 Å². The second-order valence-corrected chi connectivity index (χ2v) is 4.41. The van der Waals surface area contributed by atoms with Crippen LogP contribution in [0.25, 0.3) is 11.4 Å². The Morgan fingerprint density at radius 1 is 1.40 bits per heavy atom. The van der Waals surface area contributed by atoms with E-state index in [1.54, 1.807) is 17.9 Å². The average molecular weight is 277 g/mol. The molecule has 1 aromatic carbocycles. The van der Waals surface area contributed by atoms with E-state index in [1.165, 1.54) is 0 Å². The van der Waals surface area contributed by atoms with E-state index in [9.17, 15) is 0 Å². The van der Waals surface area contributed by atoms with Gasteiger partial charge in [-0.25, -0.2) is 4.68 Å². The molecule has 108 valence electrons. The van der Waals surface area contributed by atoms with Crippen molar-refractivity contribution in [2.45, 2.75) is 19.9 Å². The molecule has 1 heterocycles. The van der Waals surface area contributed by atoms with Crippen LogP contribution in [0.5, 0.6) is 5.75 Å². The SMILES string of the molecule is CCOc1c(N)cccc1-c1nnnn1C(C)COC. The largest absolute Gasteiger partial charge is 0.491 e. The number of hydrogen-bond donors (Lipinski definition) is 1. The lowest BCUT2D eigenvalue weighted by Gasteiger charge is -2.15. The van der Waals surface area contributed by atoms with Crippen LogP contribution in [0.4, 0.5) is 5.69 Å². The summed E-state index contributed by atoms with van der Waals surface area (Å²) in [6.45, 7) is 4.93. The van der Waals surface area contributed by atoms with E-state index in [4.69, 9.17) is 15.2 Å². The van der Waals surface area contributed by atoms with Gasteiger partial charge in [-0.15, -0.1) is 5.10 Å². The van der Waals surface area contributed by atoms with Crippen molar-refractivity contribution >= 4 is 5.69 Å². The van der Waals surface area contributed by atoms with E-state index in [0.717, 1.165) is 5.56 Å². The maximum Gasteiger partial charge on any atom is 0.186 e. The number of hydrogen-bond acceptors (Lipinski definition) is 6. The van der Waals surface area contributed by atoms with Gasteiger partial charge in [-0.2, -0.15) is 0 Å². The fourth-order valence-corrected chi connectivity index (χ4v) is 2.02. The van der Waals surface area contributed by atoms with Crippen LogP contribution in [0, 0.1) is 0 Å². The van der Waals surface area contributed by atoms with Gasteiger partial charge < -0.3 is 15.2 Å². The van der Waals surface area contributed by atoms with E-state index in [2.05, 4.69) is 15.5 Å². The number of nitrogens with zero attached hydrogens (tertiary/aromatic N) is 4. The molecule has 2 aromatic rings. The van der Waals surface area contributed by atoms with Gasteiger partial charge in [0.15, 0.2) is 11.6 Å². The highest BCUT2D eigenvalue weighted by Crippen LogP contribution is 2.34. The molecule has 0 aliphatic heterocycles. The van der Waals surface area contributed by atoms with Gasteiger partial charge in [-0.05, 0) is 36.4 Å². The van der Waals surface area contributed by atoms with Crippen molar-refractivity contribution in [3.8, 4) is 17.1 Å². The molecule has 1 aromatic heterocycles. The summed E-state index contributed by atoms with van der Waals surface area (Å²) in [5, 5.41) is 11.8. The van der Waals surface area contributed by atoms with Gasteiger partial charge in [0, 0.05) is 7.11 Å². The van der Waals surface area contributed by atoms with Crippen LogP contribution in [0.15, 0.2) is 18.2 Å². The van der Waals surface area contributed by atoms with Crippen molar-refractivity contribution in [1.29, 1.82) is 0 Å². The molecule has 20 heavy (non-hydrogen) atoms. The van der Waals surface area contributed by atoms with Crippen molar-refractivity contribution in [3.63, 3.8) is 0 Å². The molecule has 0 spiro atoms. The van der Waals surface area contributed by atoms with E-state index < -0.39 is 0 Å². The molecule has 0 amide bonds. The van der Waals surface area contributed by atoms with E-state index in [1.807, 2.05) is 26.0 Å². The number of anilines is 1. The van der Waals surface area contributed by atoms with E-state index >= 15 is 0 Å². The summed E-state index contributed by atoms with van der Waals surface area (Å²) in [5.41, 5.74) is 7.32. The molecular weight excluding hydrogens is 258 g/mol. The maximum atomic E-state index is 5.97. The predicted octanol–water partition coefficient (Wildman–Crippen LogP) is 1.53. The Morgan fingerprint density at radius 3 is 2.90 bits per heavy atom. The van der Waals surface area contributed by atoms with Crippen LogP contribution in [0.1, 0.15) is 19.9 Å². The standard InChI is InChI=1S/C13H19N5O2/c1-4-20-12-10(6-5-7-11(12)14)13-15-16-17-18(13)9(2)8-19-3/h5-7,9H,4,8,14H2,1-3H3. The molecule has 1 unspecified atom stereocenters. The summed E-state index contributed by atoms with van der Waals surface area (Å²) in [7, 11) is 1.65. The fraction of sp³-hybridized carbons (Fsp3) is 0.462. The number of ether oxygens (including phenoxy) is 2. The van der Waals surface area contributed by atoms with Crippen molar-refractivity contribution in [1.82, 2.24) is 20.2 Å². The smallest absolute Gasteiger partial charge is 0.186 e. The van der Waals surface area contributed by atoms with Crippen LogP contribution in [-0.2, 0) is 4.74 Å². The van der Waals surface area contributed by atoms with Gasteiger partial charge >= 0.3 is 0 Å². The summed E-state index contributed by atoms with van der Waals surface area (Å²) in [6, 6.07) is 5.55. The first-order valence-corrected chi connectivity index (χ1v) is 6.47. The number of tetrazole rings is 1. The van der Waals surface area contributed by atoms with Gasteiger partial charge in [-0.1, -0.05) is 6.07 Å². The second kappa shape index (κ2) is 6.33. The average Bonchev–Trinajstić information content (AvgIpc) is 2.91. The molecule has 0 bridgehead atoms. The highest BCUT2D eigenvalue weighted by molar-refractivity contribution is 5.73. The molecule has 0 saturated carbocycles. The first-order valence-electron chi connectivity index (χ1n) is 6.47. The number of rotatable bonds is 6. The topological polar surface area (TPSA) is 88.1 Å². The molecule has 0 aliphatic carbocycles. The van der Waals surface area contributed by atoms with Gasteiger partial charge in [0.05, 0.1) is 30.5 Å². The maximum absolute atomic E-state index is 5.97. The van der Waals surface area contributed by atoms with Crippen LogP contribution < -0.4 is 10.5 Å². The lowest BCUT2D eigenvalue weighted by Crippen LogP contribution is -2.14. The summed E-state index contributed by atoms with van der Waals surface area (Å²) in [4.78, 5) is 0. The third-order valence-electron chi connectivity index (χ3n) is 2.89. The quantitative estimate of drug-likeness (QED) is 0.805. The molecule has 2 N–H and O–H groups in total. The normalized spacial score (nSPS) is 12.3. The number of nitrogen functional groups attached to an aromatic ring is 1. The zero-order valence-electron chi connectivity index (χ0n) is 11.9. The Hall–Kier alpha value is -2.15. The van der Waals surface area contributed by atoms with Crippen molar-refractivity contribution in [2.75, 3.05) is 26.1 Å². The molecule has 7 nitrogen and oxygen atoms in total. The first-order chi connectivity index (χ1) is 9.69. The zero-order chi connectivity index (χ0) is 14.5. The van der Waals surface area contributed by atoms with E-state index in [-0.39, 0.29) is 6.04 Å². The Labute approximate surface area is 117 Å². The van der Waals surface area contributed by atoms with Crippen LogP contribution >= 0.6 is 0 Å². The highest BCUT2D eigenvalue weighted by atomic mass is 16.5. The Bertz CT molecular complexity index is 570. The molecule has 7 heteroatoms. The fourth-order valence-electron chi connectivity index (χ4n) is 2.02. The summed E-state index contributed by atoms with van der Waals surface area (Å²) < 4.78 is 12.5. The monoisotopic (exact) mass is 277 g/mol. The summed E-state index contributed by atoms with van der Waals surface area (Å²) in [5.74, 6) is 1.22. The van der Waals surface area contributed by atoms with Gasteiger partial charge in [0.25, 0.3) is 0 Å². The van der Waals surface area contributed by atoms with Gasteiger partial charge in [-0.3, -0.25) is 0 Å². The third-order valence-corrected chi connectivity index (χ3v) is 2.89. The van der Waals surface area contributed by atoms with Crippen LogP contribution in [0.2, 0.25) is 0 Å². The second-order valence-electron chi connectivity index (χ2n) is 4.41. The molecule has 0 fully saturated rings. The number of aromatic nitrogens is 4. The lowest BCUT2D eigenvalue weighted by molar-refractivity contribution is 0.156. The van der Waals surface area contributed by atoms with Crippen molar-refractivity contribution in [2.24, 2.45) is 0 Å². The summed E-state index contributed by atoms with van der Waals surface area (Å²) in [6.07, 6.45) is 0. The van der Waals surface area contributed by atoms with Crippen LogP contribution in [-0.4, -0.2) is 40.5 Å². The van der Waals surface area contributed by atoms with Gasteiger partial charge in [0.2, 0.25) is 0 Å². The third kappa shape index (κ3) is 2.72. The zero-order valence-corrected chi connectivity index (χ0v) is 11.9. The lowest BCUT2D eigenvalue weighted by atomic mass is 10.1. The Balaban J connectivity index is 2.47. The number of benzene rings is 1. The van der Waals surface area contributed by atoms with Crippen LogP contribution in [0.3, 0.4) is 0 Å². The minimum Gasteiger partial charge on any atom is -0.491 e. The first kappa shape index (κ1) is 14.3. The molecule has 0 aliphatic rings. The van der Waals surface area contributed by atoms with Gasteiger partial charge in [0.1, 0.15) is 0 Å². The minimum absolute atomic E-state index is 0.0147. The number of nitrogens with two attached hydrogens (primary N) is 1. The van der Waals surface area contributed by atoms with Crippen molar-refractivity contribution < 1.29 is 9.47 Å². The molecular formula is C13H19N5O2. The Morgan fingerprint density at radius 2 is 2.20 bits per heavy atom. The number of para-hydroxylation sites is 1.